The number of fused-ring (bicyclic) bond motifs is 3. The van der Waals surface area contributed by atoms with Crippen LogP contribution >= 0.6 is 0 Å². The average molecular weight is 418 g/mol. The lowest BCUT2D eigenvalue weighted by Gasteiger charge is -2.20. The lowest BCUT2D eigenvalue weighted by atomic mass is 9.85. The van der Waals surface area contributed by atoms with Crippen LogP contribution in [-0.4, -0.2) is 0 Å². The van der Waals surface area contributed by atoms with E-state index in [0.717, 1.165) is 11.1 Å². The number of aromatic nitrogens is 1. The van der Waals surface area contributed by atoms with Crippen LogP contribution in [0, 0.1) is 44.4 Å². The maximum atomic E-state index is 9.76. The van der Waals surface area contributed by atoms with E-state index in [9.17, 15) is 6.63 Å². The Kier molecular flexibility index (Phi) is 3.46. The molecule has 0 saturated carbocycles. The van der Waals surface area contributed by atoms with Crippen molar-refractivity contribution in [3.05, 3.63) is 63.8 Å². The molecule has 0 amide bonds. The lowest BCUT2D eigenvalue weighted by molar-refractivity contribution is -0.667. The van der Waals surface area contributed by atoms with E-state index < -0.39 is 18.6 Å². The van der Waals surface area contributed by atoms with Crippen LogP contribution < -0.4 is 4.57 Å². The van der Waals surface area contributed by atoms with Gasteiger partial charge in [0.05, 0.1) is 18.6 Å². The van der Waals surface area contributed by atoms with E-state index in [4.69, 9.17) is 11.3 Å². The predicted molar refractivity (Wildman–Crippen MR) is 127 cm³/mol. The van der Waals surface area contributed by atoms with Crippen molar-refractivity contribution in [3.8, 4) is 17.3 Å². The molecule has 0 aliphatic heterocycles. The van der Waals surface area contributed by atoms with Gasteiger partial charge < -0.3 is 4.42 Å². The van der Waals surface area contributed by atoms with Crippen LogP contribution in [0.1, 0.15) is 62.5 Å². The summed E-state index contributed by atoms with van der Waals surface area (Å²) in [6, 6.07) is 9.42. The zero-order valence-electron chi connectivity index (χ0n) is 25.1. The minimum absolute atomic E-state index is 0.132. The van der Waals surface area contributed by atoms with E-state index in [-0.39, 0.29) is 17.2 Å². The fourth-order valence-corrected chi connectivity index (χ4v) is 4.04. The Balaban J connectivity index is 2.27. The van der Waals surface area contributed by atoms with Gasteiger partial charge in [0.25, 0.3) is 0 Å². The van der Waals surface area contributed by atoms with Crippen LogP contribution in [0.2, 0.25) is 0 Å². The van der Waals surface area contributed by atoms with Gasteiger partial charge in [-0.05, 0) is 55.2 Å². The van der Waals surface area contributed by atoms with Gasteiger partial charge in [0.1, 0.15) is 18.2 Å². The number of rotatable bonds is 2. The number of hydrogen-bond acceptors (Lipinski definition) is 2. The van der Waals surface area contributed by atoms with Gasteiger partial charge in [0.15, 0.2) is 5.69 Å². The zero-order chi connectivity index (χ0) is 27.8. The second-order valence-corrected chi connectivity index (χ2v) is 9.23. The third-order valence-corrected chi connectivity index (χ3v) is 5.75. The lowest BCUT2D eigenvalue weighted by Crippen LogP contribution is -2.36. The molecule has 3 nitrogen and oxygen atoms in total. The van der Waals surface area contributed by atoms with Crippen molar-refractivity contribution in [2.45, 2.75) is 54.8 Å². The monoisotopic (exact) mass is 417 g/mol. The van der Waals surface area contributed by atoms with Gasteiger partial charge in [-0.2, -0.15) is 9.83 Å². The first-order chi connectivity index (χ1) is 16.9. The maximum Gasteiger partial charge on any atom is 0.216 e. The number of nitriles is 1. The molecular weight excluding hydrogens is 380 g/mol. The van der Waals surface area contributed by atoms with E-state index in [2.05, 4.69) is 6.07 Å². The Labute approximate surface area is 193 Å². The van der Waals surface area contributed by atoms with E-state index >= 15 is 0 Å². The standard InChI is InChI=1S/C28H31N2O/c1-16-10-12-22-25-20(15-29)11-9-17(2)26(25)31-27(22)24(16)23-13-21(14-28(5,6)7)18(3)19(4)30(23)8/h9-13H,14H2,1-8H3/q+1/i3D3,13D,14D2. The summed E-state index contributed by atoms with van der Waals surface area (Å²) in [5, 5.41) is 11.2. The Bertz CT molecular complexity index is 1630. The highest BCUT2D eigenvalue weighted by Gasteiger charge is 2.26. The molecule has 0 fully saturated rings. The summed E-state index contributed by atoms with van der Waals surface area (Å²) >= 11 is 0. The third-order valence-electron chi connectivity index (χ3n) is 5.75. The molecule has 31 heavy (non-hydrogen) atoms. The van der Waals surface area contributed by atoms with Gasteiger partial charge >= 0.3 is 0 Å². The SMILES string of the molecule is [2H]c1c(C([2H])([2H])C(C)(C)C)c(C([2H])([2H])[2H])c(C)[n+](C)c1-c1c(C)ccc2c1oc1c(C)ccc(C#N)c12. The summed E-state index contributed by atoms with van der Waals surface area (Å²) in [5.41, 5.74) is 3.24. The largest absolute Gasteiger partial charge is 0.455 e. The molecule has 2 aromatic carbocycles. The first kappa shape index (κ1) is 14.8. The van der Waals surface area contributed by atoms with Crippen LogP contribution in [0.3, 0.4) is 0 Å². The first-order valence-corrected chi connectivity index (χ1v) is 10.3. The first-order valence-electron chi connectivity index (χ1n) is 13.3. The second-order valence-electron chi connectivity index (χ2n) is 9.23. The Morgan fingerprint density at radius 2 is 1.84 bits per heavy atom. The molecular formula is C28H31N2O+. The Hall–Kier alpha value is -3.12. The van der Waals surface area contributed by atoms with E-state index in [0.29, 0.717) is 44.5 Å². The average Bonchev–Trinajstić information content (AvgIpc) is 3.16. The van der Waals surface area contributed by atoms with E-state index in [1.807, 2.05) is 32.0 Å². The summed E-state index contributed by atoms with van der Waals surface area (Å²) in [7, 11) is 1.70. The second kappa shape index (κ2) is 7.24. The number of hydrogen-bond donors (Lipinski definition) is 0. The molecule has 4 rings (SSSR count). The molecule has 0 aliphatic carbocycles. The molecule has 2 aromatic heterocycles. The van der Waals surface area contributed by atoms with Crippen LogP contribution in [0.5, 0.6) is 0 Å². The molecule has 4 aromatic rings. The van der Waals surface area contributed by atoms with Crippen LogP contribution in [0.15, 0.2) is 34.7 Å². The number of pyridine rings is 1. The normalized spacial score (nSPS) is 15.7. The number of furan rings is 1. The van der Waals surface area contributed by atoms with Crippen LogP contribution in [0.4, 0.5) is 0 Å². The highest BCUT2D eigenvalue weighted by atomic mass is 16.3. The minimum atomic E-state index is -2.62. The molecule has 0 spiro atoms. The molecule has 0 saturated heterocycles. The summed E-state index contributed by atoms with van der Waals surface area (Å²) in [4.78, 5) is 0. The van der Waals surface area contributed by atoms with E-state index in [1.54, 1.807) is 45.4 Å². The quantitative estimate of drug-likeness (QED) is 0.338. The maximum absolute atomic E-state index is 9.76. The predicted octanol–water partition coefficient (Wildman–Crippen LogP) is 6.77. The molecule has 3 heteroatoms. The molecule has 158 valence electrons. The van der Waals surface area contributed by atoms with Gasteiger partial charge in [-0.1, -0.05) is 39.0 Å². The molecule has 2 heterocycles. The molecule has 0 aliphatic rings. The molecule has 0 atom stereocenters. The molecule has 0 unspecified atom stereocenters. The summed E-state index contributed by atoms with van der Waals surface area (Å²) < 4.78 is 60.1. The summed E-state index contributed by atoms with van der Waals surface area (Å²) in [5.74, 6) is 0. The van der Waals surface area contributed by atoms with Crippen molar-refractivity contribution in [1.82, 2.24) is 0 Å². The fourth-order valence-electron chi connectivity index (χ4n) is 4.04. The number of aryl methyl sites for hydroxylation is 2. The highest BCUT2D eigenvalue weighted by Crippen LogP contribution is 2.40. The van der Waals surface area contributed by atoms with Crippen molar-refractivity contribution in [3.63, 3.8) is 0 Å². The van der Waals surface area contributed by atoms with Crippen molar-refractivity contribution in [2.75, 3.05) is 0 Å². The van der Waals surface area contributed by atoms with Gasteiger partial charge in [-0.15, -0.1) is 0 Å². The van der Waals surface area contributed by atoms with Crippen LogP contribution in [-0.2, 0) is 13.4 Å². The third kappa shape index (κ3) is 3.41. The summed E-state index contributed by atoms with van der Waals surface area (Å²) in [6.07, 6.45) is -2.12. The topological polar surface area (TPSA) is 40.8 Å². The fraction of sp³-hybridized carbons (Fsp3) is 0.357. The van der Waals surface area contributed by atoms with Crippen LogP contribution in [0.25, 0.3) is 33.2 Å². The van der Waals surface area contributed by atoms with Gasteiger partial charge in [-0.25, -0.2) is 0 Å². The van der Waals surface area contributed by atoms with Gasteiger partial charge in [0, 0.05) is 36.2 Å². The zero-order valence-corrected chi connectivity index (χ0v) is 19.1. The molecule has 0 bridgehead atoms. The highest BCUT2D eigenvalue weighted by molar-refractivity contribution is 6.12. The van der Waals surface area contributed by atoms with Gasteiger partial charge in [-0.3, -0.25) is 0 Å². The van der Waals surface area contributed by atoms with E-state index in [1.165, 1.54) is 0 Å². The van der Waals surface area contributed by atoms with Crippen molar-refractivity contribution in [1.29, 1.82) is 5.26 Å². The smallest absolute Gasteiger partial charge is 0.216 e. The summed E-state index contributed by atoms with van der Waals surface area (Å²) in [6.45, 7) is 7.92. The van der Waals surface area contributed by atoms with Gasteiger partial charge in [0.2, 0.25) is 5.69 Å². The number of nitrogens with zero attached hydrogens (tertiary/aromatic N) is 2. The van der Waals surface area contributed by atoms with Crippen molar-refractivity contribution in [2.24, 2.45) is 12.5 Å². The Morgan fingerprint density at radius 3 is 2.48 bits per heavy atom. The Morgan fingerprint density at radius 1 is 1.13 bits per heavy atom. The minimum Gasteiger partial charge on any atom is -0.455 e. The number of benzene rings is 2. The van der Waals surface area contributed by atoms with Crippen molar-refractivity contribution >= 4 is 21.9 Å². The van der Waals surface area contributed by atoms with Crippen molar-refractivity contribution < 1.29 is 17.2 Å². The molecule has 0 N–H and O–H groups in total. The molecule has 0 radical (unpaired) electrons.